The van der Waals surface area contributed by atoms with Crippen molar-refractivity contribution in [3.8, 4) is 0 Å². The fourth-order valence-electron chi connectivity index (χ4n) is 2.44. The summed E-state index contributed by atoms with van der Waals surface area (Å²) < 4.78 is 5.23. The topological polar surface area (TPSA) is 101 Å². The number of rotatable bonds is 12. The molecule has 6 heteroatoms. The van der Waals surface area contributed by atoms with Crippen molar-refractivity contribution >= 4 is 17.5 Å². The van der Waals surface area contributed by atoms with Crippen LogP contribution in [0, 0.1) is 5.92 Å². The van der Waals surface area contributed by atoms with Gasteiger partial charge in [0.1, 0.15) is 0 Å². The van der Waals surface area contributed by atoms with Gasteiger partial charge in [0, 0.05) is 6.42 Å². The SMILES string of the molecule is CC[C@@H](C)/C=C/C(=O)C(=O)/C=C/C=C/C=C/C=C/C=C/C=C/[C@H]1C[C@@H](O)[C@H](C(=O)O)O1. The van der Waals surface area contributed by atoms with Crippen LogP contribution in [0.2, 0.25) is 0 Å². The Morgan fingerprint density at radius 3 is 1.94 bits per heavy atom. The molecule has 4 atom stereocenters. The Balaban J connectivity index is 2.30. The first-order chi connectivity index (χ1) is 14.8. The number of ketones is 2. The standard InChI is InChI=1S/C25H30O6/c1-3-19(2)16-17-22(27)21(26)15-13-11-9-7-5-4-6-8-10-12-14-20-18-23(28)24(31-20)25(29)30/h4-17,19-20,23-24,28H,3,18H2,1-2H3,(H,29,30)/b6-4+,7-5+,10-8+,11-9+,14-12+,15-13+,17-16+/t19-,20+,23-,24-/m1/s1. The van der Waals surface area contributed by atoms with Gasteiger partial charge in [-0.2, -0.15) is 0 Å². The van der Waals surface area contributed by atoms with Gasteiger partial charge in [0.05, 0.1) is 12.2 Å². The van der Waals surface area contributed by atoms with E-state index in [-0.39, 0.29) is 12.3 Å². The molecular weight excluding hydrogens is 396 g/mol. The summed E-state index contributed by atoms with van der Waals surface area (Å²) in [4.78, 5) is 34.1. The summed E-state index contributed by atoms with van der Waals surface area (Å²) in [5.41, 5.74) is 0. The van der Waals surface area contributed by atoms with Crippen LogP contribution >= 0.6 is 0 Å². The zero-order valence-corrected chi connectivity index (χ0v) is 17.8. The van der Waals surface area contributed by atoms with Crippen molar-refractivity contribution in [3.63, 3.8) is 0 Å². The van der Waals surface area contributed by atoms with Gasteiger partial charge in [-0.1, -0.05) is 93.2 Å². The summed E-state index contributed by atoms with van der Waals surface area (Å²) in [5.74, 6) is -1.97. The Kier molecular flexibility index (Phi) is 12.4. The third kappa shape index (κ3) is 11.0. The fraction of sp³-hybridized carbons (Fsp3) is 0.320. The Hall–Kier alpha value is -3.09. The van der Waals surface area contributed by atoms with Gasteiger partial charge in [0.2, 0.25) is 11.6 Å². The molecule has 2 N–H and O–H groups in total. The molecule has 0 amide bonds. The number of ether oxygens (including phenoxy) is 1. The Labute approximate surface area is 183 Å². The molecule has 166 valence electrons. The number of hydrogen-bond acceptors (Lipinski definition) is 5. The van der Waals surface area contributed by atoms with Crippen molar-refractivity contribution < 1.29 is 29.3 Å². The third-order valence-corrected chi connectivity index (χ3v) is 4.42. The van der Waals surface area contributed by atoms with E-state index in [4.69, 9.17) is 9.84 Å². The lowest BCUT2D eigenvalue weighted by Crippen LogP contribution is -2.29. The minimum absolute atomic E-state index is 0.259. The van der Waals surface area contributed by atoms with E-state index in [0.29, 0.717) is 0 Å². The first-order valence-corrected chi connectivity index (χ1v) is 10.2. The van der Waals surface area contributed by atoms with E-state index in [2.05, 4.69) is 0 Å². The number of carbonyl (C=O) groups excluding carboxylic acids is 2. The van der Waals surface area contributed by atoms with Gasteiger partial charge < -0.3 is 14.9 Å². The van der Waals surface area contributed by atoms with Gasteiger partial charge in [-0.3, -0.25) is 9.59 Å². The summed E-state index contributed by atoms with van der Waals surface area (Å²) in [6.07, 6.45) is 22.0. The van der Waals surface area contributed by atoms with Gasteiger partial charge in [0.25, 0.3) is 0 Å². The van der Waals surface area contributed by atoms with Gasteiger partial charge in [-0.05, 0) is 18.1 Å². The molecule has 0 saturated carbocycles. The number of allylic oxidation sites excluding steroid dienone is 13. The lowest BCUT2D eigenvalue weighted by Gasteiger charge is -2.07. The number of aliphatic hydroxyl groups is 1. The molecule has 0 unspecified atom stereocenters. The fourth-order valence-corrected chi connectivity index (χ4v) is 2.44. The highest BCUT2D eigenvalue weighted by atomic mass is 16.5. The van der Waals surface area contributed by atoms with Crippen LogP contribution in [0.4, 0.5) is 0 Å². The molecule has 0 aromatic rings. The van der Waals surface area contributed by atoms with E-state index in [1.54, 1.807) is 60.8 Å². The summed E-state index contributed by atoms with van der Waals surface area (Å²) in [5, 5.41) is 18.5. The predicted octanol–water partition coefficient (Wildman–Crippen LogP) is 3.67. The molecule has 6 nitrogen and oxygen atoms in total. The summed E-state index contributed by atoms with van der Waals surface area (Å²) in [7, 11) is 0. The largest absolute Gasteiger partial charge is 0.479 e. The Bertz CT molecular complexity index is 810. The number of hydrogen-bond donors (Lipinski definition) is 2. The molecule has 0 aromatic carbocycles. The summed E-state index contributed by atoms with van der Waals surface area (Å²) in [6.45, 7) is 4.00. The van der Waals surface area contributed by atoms with E-state index in [1.165, 1.54) is 18.2 Å². The summed E-state index contributed by atoms with van der Waals surface area (Å²) in [6, 6.07) is 0. The van der Waals surface area contributed by atoms with Crippen LogP contribution in [0.25, 0.3) is 0 Å². The highest BCUT2D eigenvalue weighted by Crippen LogP contribution is 2.21. The molecule has 0 aliphatic carbocycles. The first-order valence-electron chi connectivity index (χ1n) is 10.2. The smallest absolute Gasteiger partial charge is 0.335 e. The maximum absolute atomic E-state index is 11.6. The highest BCUT2D eigenvalue weighted by Gasteiger charge is 2.37. The predicted molar refractivity (Wildman–Crippen MR) is 120 cm³/mol. The van der Waals surface area contributed by atoms with Gasteiger partial charge >= 0.3 is 5.97 Å². The van der Waals surface area contributed by atoms with Crippen molar-refractivity contribution in [1.29, 1.82) is 0 Å². The van der Waals surface area contributed by atoms with Crippen LogP contribution in [-0.4, -0.2) is 46.1 Å². The molecule has 1 fully saturated rings. The second-order valence-corrected chi connectivity index (χ2v) is 6.99. The van der Waals surface area contributed by atoms with Crippen molar-refractivity contribution in [2.24, 2.45) is 5.92 Å². The molecule has 0 spiro atoms. The van der Waals surface area contributed by atoms with Gasteiger partial charge in [-0.25, -0.2) is 4.79 Å². The molecule has 1 heterocycles. The Morgan fingerprint density at radius 1 is 0.903 bits per heavy atom. The molecule has 1 saturated heterocycles. The van der Waals surface area contributed by atoms with E-state index >= 15 is 0 Å². The number of carboxylic acids is 1. The number of carboxylic acid groups (broad SMARTS) is 1. The lowest BCUT2D eigenvalue weighted by atomic mass is 10.1. The minimum Gasteiger partial charge on any atom is -0.479 e. The zero-order chi connectivity index (χ0) is 23.1. The molecule has 0 aromatic heterocycles. The van der Waals surface area contributed by atoms with Gasteiger partial charge in [-0.15, -0.1) is 0 Å². The minimum atomic E-state index is -1.17. The van der Waals surface area contributed by atoms with Crippen LogP contribution in [0.5, 0.6) is 0 Å². The second-order valence-electron chi connectivity index (χ2n) is 6.99. The zero-order valence-electron chi connectivity index (χ0n) is 17.8. The number of aliphatic hydroxyl groups excluding tert-OH is 1. The monoisotopic (exact) mass is 426 g/mol. The van der Waals surface area contributed by atoms with Crippen molar-refractivity contribution in [3.05, 3.63) is 85.1 Å². The molecular formula is C25H30O6. The first kappa shape index (κ1) is 25.9. The van der Waals surface area contributed by atoms with Crippen LogP contribution in [-0.2, 0) is 19.1 Å². The highest BCUT2D eigenvalue weighted by molar-refractivity contribution is 6.45. The van der Waals surface area contributed by atoms with Crippen molar-refractivity contribution in [2.45, 2.75) is 45.0 Å². The van der Waals surface area contributed by atoms with E-state index in [0.717, 1.165) is 6.42 Å². The maximum Gasteiger partial charge on any atom is 0.335 e. The van der Waals surface area contributed by atoms with E-state index in [1.807, 2.05) is 19.9 Å². The molecule has 1 rings (SSSR count). The van der Waals surface area contributed by atoms with Crippen molar-refractivity contribution in [2.75, 3.05) is 0 Å². The quantitative estimate of drug-likeness (QED) is 0.281. The number of carbonyl (C=O) groups is 3. The molecule has 0 radical (unpaired) electrons. The lowest BCUT2D eigenvalue weighted by molar-refractivity contribution is -0.152. The third-order valence-electron chi connectivity index (χ3n) is 4.42. The van der Waals surface area contributed by atoms with Crippen LogP contribution in [0.1, 0.15) is 26.7 Å². The van der Waals surface area contributed by atoms with Crippen LogP contribution in [0.3, 0.4) is 0 Å². The normalized spacial score (nSPS) is 23.6. The second kappa shape index (κ2) is 14.8. The molecule has 31 heavy (non-hydrogen) atoms. The van der Waals surface area contributed by atoms with Crippen LogP contribution in [0.15, 0.2) is 85.1 Å². The van der Waals surface area contributed by atoms with Crippen LogP contribution < -0.4 is 0 Å². The summed E-state index contributed by atoms with van der Waals surface area (Å²) >= 11 is 0. The van der Waals surface area contributed by atoms with Crippen molar-refractivity contribution in [1.82, 2.24) is 0 Å². The average molecular weight is 427 g/mol. The average Bonchev–Trinajstić information content (AvgIpc) is 3.12. The van der Waals surface area contributed by atoms with E-state index in [9.17, 15) is 19.5 Å². The maximum atomic E-state index is 11.6. The molecule has 0 bridgehead atoms. The molecule has 1 aliphatic rings. The number of aliphatic carboxylic acids is 1. The molecule has 1 aliphatic heterocycles. The van der Waals surface area contributed by atoms with Gasteiger partial charge in [0.15, 0.2) is 6.10 Å². The van der Waals surface area contributed by atoms with E-state index < -0.39 is 35.8 Å². The Morgan fingerprint density at radius 2 is 1.42 bits per heavy atom.